The summed E-state index contributed by atoms with van der Waals surface area (Å²) in [5.74, 6) is 5.44. The van der Waals surface area contributed by atoms with Gasteiger partial charge in [0.15, 0.2) is 5.12 Å². The van der Waals surface area contributed by atoms with E-state index in [-0.39, 0.29) is 10.8 Å². The van der Waals surface area contributed by atoms with E-state index in [1.807, 2.05) is 0 Å². The van der Waals surface area contributed by atoms with E-state index in [9.17, 15) is 18.0 Å². The summed E-state index contributed by atoms with van der Waals surface area (Å²) in [5, 5.41) is -0.0365. The number of hydrogen-bond acceptors (Lipinski definition) is 3. The Labute approximate surface area is 107 Å². The lowest BCUT2D eigenvalue weighted by Gasteiger charge is -2.07. The van der Waals surface area contributed by atoms with Crippen molar-refractivity contribution in [2.24, 2.45) is 0 Å². The minimum atomic E-state index is -4.45. The Morgan fingerprint density at radius 3 is 2.83 bits per heavy atom. The van der Waals surface area contributed by atoms with Crippen LogP contribution in [-0.2, 0) is 11.0 Å². The molecule has 2 nitrogen and oxygen atoms in total. The van der Waals surface area contributed by atoms with Crippen molar-refractivity contribution < 1.29 is 18.0 Å². The highest BCUT2D eigenvalue weighted by molar-refractivity contribution is 8.13. The number of alkyl halides is 3. The lowest BCUT2D eigenvalue weighted by atomic mass is 10.2. The van der Waals surface area contributed by atoms with Crippen molar-refractivity contribution in [3.63, 3.8) is 0 Å². The zero-order chi connectivity index (χ0) is 13.6. The second-order valence-corrected chi connectivity index (χ2v) is 4.56. The number of pyridine rings is 1. The van der Waals surface area contributed by atoms with Gasteiger partial charge in [-0.05, 0) is 18.1 Å². The van der Waals surface area contributed by atoms with Gasteiger partial charge in [-0.3, -0.25) is 4.79 Å². The molecule has 0 atom stereocenters. The van der Waals surface area contributed by atoms with E-state index in [0.717, 1.165) is 17.8 Å². The fourth-order valence-electron chi connectivity index (χ4n) is 1.13. The zero-order valence-electron chi connectivity index (χ0n) is 9.54. The lowest BCUT2D eigenvalue weighted by molar-refractivity contribution is -0.138. The van der Waals surface area contributed by atoms with Crippen molar-refractivity contribution in [2.45, 2.75) is 19.5 Å². The molecular formula is C12H10F3NOS. The summed E-state index contributed by atoms with van der Waals surface area (Å²) in [5.41, 5.74) is -1.12. The van der Waals surface area contributed by atoms with Crippen LogP contribution < -0.4 is 0 Å². The summed E-state index contributed by atoms with van der Waals surface area (Å²) in [6.07, 6.45) is -2.84. The number of carbonyl (C=O) groups excluding carboxylic acids is 1. The van der Waals surface area contributed by atoms with E-state index >= 15 is 0 Å². The topological polar surface area (TPSA) is 30.0 Å². The van der Waals surface area contributed by atoms with E-state index in [4.69, 9.17) is 0 Å². The number of rotatable bonds is 2. The smallest absolute Gasteiger partial charge is 0.288 e. The van der Waals surface area contributed by atoms with Crippen LogP contribution in [0, 0.1) is 11.8 Å². The lowest BCUT2D eigenvalue weighted by Crippen LogP contribution is -2.08. The van der Waals surface area contributed by atoms with Gasteiger partial charge in [-0.25, -0.2) is 4.98 Å². The molecule has 0 aliphatic heterocycles. The molecule has 0 saturated heterocycles. The van der Waals surface area contributed by atoms with Crippen molar-refractivity contribution in [1.29, 1.82) is 0 Å². The van der Waals surface area contributed by atoms with Crippen LogP contribution in [0.25, 0.3) is 0 Å². The van der Waals surface area contributed by atoms with Crippen LogP contribution in [0.1, 0.15) is 24.6 Å². The number of halogens is 3. The highest BCUT2D eigenvalue weighted by atomic mass is 32.2. The third-order valence-corrected chi connectivity index (χ3v) is 2.67. The number of nitrogens with zero attached hydrogens (tertiary/aromatic N) is 1. The Balaban J connectivity index is 2.73. The molecule has 0 fully saturated rings. The average Bonchev–Trinajstić information content (AvgIpc) is 2.27. The Bertz CT molecular complexity index is 488. The quantitative estimate of drug-likeness (QED) is 0.612. The van der Waals surface area contributed by atoms with Crippen molar-refractivity contribution in [3.8, 4) is 11.8 Å². The van der Waals surface area contributed by atoms with E-state index in [1.165, 1.54) is 19.2 Å². The van der Waals surface area contributed by atoms with Crippen molar-refractivity contribution in [1.82, 2.24) is 4.98 Å². The first-order chi connectivity index (χ1) is 8.41. The minimum Gasteiger partial charge on any atom is -0.288 e. The highest BCUT2D eigenvalue weighted by Gasteiger charge is 2.33. The van der Waals surface area contributed by atoms with E-state index in [0.29, 0.717) is 12.2 Å². The first-order valence-electron chi connectivity index (χ1n) is 5.05. The molecule has 0 radical (unpaired) electrons. The molecular weight excluding hydrogens is 263 g/mol. The summed E-state index contributed by atoms with van der Waals surface area (Å²) in [6.45, 7) is 1.43. The monoisotopic (exact) mass is 273 g/mol. The highest BCUT2D eigenvalue weighted by Crippen LogP contribution is 2.30. The van der Waals surface area contributed by atoms with E-state index < -0.39 is 11.7 Å². The molecule has 1 heterocycles. The van der Waals surface area contributed by atoms with Gasteiger partial charge in [0.2, 0.25) is 0 Å². The zero-order valence-corrected chi connectivity index (χ0v) is 10.4. The van der Waals surface area contributed by atoms with E-state index in [2.05, 4.69) is 16.8 Å². The second-order valence-electron chi connectivity index (χ2n) is 3.29. The third kappa shape index (κ3) is 4.80. The SMILES string of the molecule is CC(=O)SCCC#Cc1ncccc1C(F)(F)F. The van der Waals surface area contributed by atoms with Crippen LogP contribution in [0.2, 0.25) is 0 Å². The fourth-order valence-corrected chi connectivity index (χ4v) is 1.62. The molecule has 0 aliphatic carbocycles. The first kappa shape index (κ1) is 14.6. The molecule has 0 unspecified atom stereocenters. The van der Waals surface area contributed by atoms with Gasteiger partial charge in [0.05, 0.1) is 5.56 Å². The van der Waals surface area contributed by atoms with Crippen LogP contribution in [-0.4, -0.2) is 15.9 Å². The second kappa shape index (κ2) is 6.45. The fraction of sp³-hybridized carbons (Fsp3) is 0.333. The maximum Gasteiger partial charge on any atom is 0.419 e. The molecule has 1 aromatic rings. The number of hydrogen-bond donors (Lipinski definition) is 0. The Morgan fingerprint density at radius 1 is 1.50 bits per heavy atom. The molecule has 18 heavy (non-hydrogen) atoms. The summed E-state index contributed by atoms with van der Waals surface area (Å²) in [7, 11) is 0. The molecule has 0 bridgehead atoms. The van der Waals surface area contributed by atoms with Crippen LogP contribution in [0.15, 0.2) is 18.3 Å². The largest absolute Gasteiger partial charge is 0.419 e. The molecule has 1 aromatic heterocycles. The van der Waals surface area contributed by atoms with Gasteiger partial charge in [0.1, 0.15) is 5.69 Å². The molecule has 1 rings (SSSR count). The maximum atomic E-state index is 12.6. The van der Waals surface area contributed by atoms with Crippen LogP contribution in [0.4, 0.5) is 13.2 Å². The predicted octanol–water partition coefficient (Wildman–Crippen LogP) is 3.12. The first-order valence-corrected chi connectivity index (χ1v) is 6.04. The van der Waals surface area contributed by atoms with Crippen molar-refractivity contribution in [3.05, 3.63) is 29.6 Å². The molecule has 0 spiro atoms. The van der Waals surface area contributed by atoms with Crippen LogP contribution in [0.3, 0.4) is 0 Å². The maximum absolute atomic E-state index is 12.6. The van der Waals surface area contributed by atoms with Gasteiger partial charge >= 0.3 is 6.18 Å². The van der Waals surface area contributed by atoms with Crippen molar-refractivity contribution in [2.75, 3.05) is 5.75 Å². The third-order valence-electron chi connectivity index (χ3n) is 1.85. The number of thioether (sulfide) groups is 1. The minimum absolute atomic E-state index is 0.0365. The van der Waals surface area contributed by atoms with Gasteiger partial charge in [0.25, 0.3) is 0 Å². The Kier molecular flexibility index (Phi) is 5.23. The summed E-state index contributed by atoms with van der Waals surface area (Å²) >= 11 is 1.09. The molecule has 0 aliphatic rings. The van der Waals surface area contributed by atoms with Gasteiger partial charge in [-0.1, -0.05) is 17.7 Å². The van der Waals surface area contributed by atoms with Crippen molar-refractivity contribution >= 4 is 16.9 Å². The molecule has 96 valence electrons. The number of aromatic nitrogens is 1. The summed E-state index contributed by atoms with van der Waals surface area (Å²) < 4.78 is 37.7. The number of carbonyl (C=O) groups is 1. The van der Waals surface area contributed by atoms with Gasteiger partial charge in [-0.15, -0.1) is 0 Å². The van der Waals surface area contributed by atoms with Crippen LogP contribution in [0.5, 0.6) is 0 Å². The summed E-state index contributed by atoms with van der Waals surface area (Å²) in [6, 6.07) is 2.17. The molecule has 0 aromatic carbocycles. The Morgan fingerprint density at radius 2 is 2.22 bits per heavy atom. The van der Waals surface area contributed by atoms with Crippen LogP contribution >= 0.6 is 11.8 Å². The summed E-state index contributed by atoms with van der Waals surface area (Å²) in [4.78, 5) is 14.2. The standard InChI is InChI=1S/C12H10F3NOS/c1-9(17)18-8-3-2-6-11-10(12(13,14)15)5-4-7-16-11/h4-5,7H,3,8H2,1H3. The van der Waals surface area contributed by atoms with Gasteiger partial charge in [0, 0.05) is 25.3 Å². The average molecular weight is 273 g/mol. The predicted molar refractivity (Wildman–Crippen MR) is 63.9 cm³/mol. The molecule has 0 saturated carbocycles. The van der Waals surface area contributed by atoms with Gasteiger partial charge < -0.3 is 0 Å². The Hall–Kier alpha value is -1.48. The normalized spacial score (nSPS) is 10.7. The molecule has 0 amide bonds. The van der Waals surface area contributed by atoms with Gasteiger partial charge in [-0.2, -0.15) is 13.2 Å². The molecule has 6 heteroatoms. The van der Waals surface area contributed by atoms with E-state index in [1.54, 1.807) is 0 Å². The molecule has 0 N–H and O–H groups in total.